The summed E-state index contributed by atoms with van der Waals surface area (Å²) < 4.78 is 16.1. The van der Waals surface area contributed by atoms with Gasteiger partial charge in [-0.05, 0) is 46.8 Å². The second-order valence-corrected chi connectivity index (χ2v) is 7.00. The lowest BCUT2D eigenvalue weighted by Crippen LogP contribution is -2.42. The molecule has 0 radical (unpaired) electrons. The van der Waals surface area contributed by atoms with Crippen LogP contribution in [0.25, 0.3) is 0 Å². The molecule has 0 unspecified atom stereocenters. The van der Waals surface area contributed by atoms with E-state index in [-0.39, 0.29) is 24.1 Å². The molecule has 0 aromatic heterocycles. The molecular formula is C18H24BrNO5. The van der Waals surface area contributed by atoms with E-state index in [1.54, 1.807) is 0 Å². The molecule has 138 valence electrons. The van der Waals surface area contributed by atoms with Crippen LogP contribution in [-0.2, 0) is 9.53 Å². The summed E-state index contributed by atoms with van der Waals surface area (Å²) in [5.74, 6) is 0.478. The summed E-state index contributed by atoms with van der Waals surface area (Å²) in [6.07, 6.45) is 4.41. The van der Waals surface area contributed by atoms with E-state index < -0.39 is 5.97 Å². The number of hydrogen-bond acceptors (Lipinski definition) is 5. The van der Waals surface area contributed by atoms with E-state index in [9.17, 15) is 9.59 Å². The fourth-order valence-electron chi connectivity index (χ4n) is 2.98. The third-order valence-electron chi connectivity index (χ3n) is 4.47. The van der Waals surface area contributed by atoms with Gasteiger partial charge in [-0.1, -0.05) is 19.8 Å². The molecule has 7 heteroatoms. The van der Waals surface area contributed by atoms with Gasteiger partial charge >= 0.3 is 5.97 Å². The van der Waals surface area contributed by atoms with Gasteiger partial charge in [0.05, 0.1) is 19.8 Å². The number of carbonyl (C=O) groups excluding carboxylic acids is 2. The first kappa shape index (κ1) is 19.6. The molecule has 2 atom stereocenters. The number of rotatable bonds is 6. The van der Waals surface area contributed by atoms with Crippen LogP contribution in [0.5, 0.6) is 11.5 Å². The highest BCUT2D eigenvalue weighted by Crippen LogP contribution is 2.35. The minimum absolute atomic E-state index is 0.160. The molecule has 0 heterocycles. The topological polar surface area (TPSA) is 73.9 Å². The molecule has 1 saturated carbocycles. The fraction of sp³-hybridized carbons (Fsp3) is 0.556. The van der Waals surface area contributed by atoms with Gasteiger partial charge in [0.25, 0.3) is 5.91 Å². The van der Waals surface area contributed by atoms with Crippen LogP contribution in [-0.4, -0.2) is 38.7 Å². The number of nitrogens with one attached hydrogen (secondary N) is 1. The van der Waals surface area contributed by atoms with Gasteiger partial charge in [-0.15, -0.1) is 0 Å². The molecule has 1 aromatic carbocycles. The minimum Gasteiger partial charge on any atom is -0.495 e. The molecular weight excluding hydrogens is 390 g/mol. The van der Waals surface area contributed by atoms with Crippen molar-refractivity contribution in [1.29, 1.82) is 0 Å². The SMILES string of the molecule is COc1cc(C(=O)OCC(=O)N[C@H]2CCCC[C@H]2C)cc(OC)c1Br. The van der Waals surface area contributed by atoms with Crippen LogP contribution in [0, 0.1) is 5.92 Å². The predicted octanol–water partition coefficient (Wildman–Crippen LogP) is 3.32. The number of ether oxygens (including phenoxy) is 3. The highest BCUT2D eigenvalue weighted by molar-refractivity contribution is 9.10. The first-order valence-corrected chi connectivity index (χ1v) is 9.13. The maximum atomic E-state index is 12.2. The summed E-state index contributed by atoms with van der Waals surface area (Å²) in [4.78, 5) is 24.3. The van der Waals surface area contributed by atoms with Crippen molar-refractivity contribution in [2.45, 2.75) is 38.6 Å². The Hall–Kier alpha value is -1.76. The molecule has 1 aliphatic carbocycles. The maximum Gasteiger partial charge on any atom is 0.338 e. The van der Waals surface area contributed by atoms with Crippen LogP contribution in [0.15, 0.2) is 16.6 Å². The third-order valence-corrected chi connectivity index (χ3v) is 5.26. The smallest absolute Gasteiger partial charge is 0.338 e. The summed E-state index contributed by atoms with van der Waals surface area (Å²) in [6.45, 7) is 1.83. The number of methoxy groups -OCH3 is 2. The molecule has 2 rings (SSSR count). The molecule has 0 saturated heterocycles. The monoisotopic (exact) mass is 413 g/mol. The normalized spacial score (nSPS) is 19.8. The Labute approximate surface area is 156 Å². The Kier molecular flexibility index (Phi) is 7.11. The zero-order chi connectivity index (χ0) is 18.4. The van der Waals surface area contributed by atoms with Gasteiger partial charge in [-0.3, -0.25) is 4.79 Å². The number of esters is 1. The predicted molar refractivity (Wildman–Crippen MR) is 97.1 cm³/mol. The van der Waals surface area contributed by atoms with Crippen LogP contribution in [0.4, 0.5) is 0 Å². The van der Waals surface area contributed by atoms with Gasteiger partial charge in [0, 0.05) is 6.04 Å². The van der Waals surface area contributed by atoms with Crippen molar-refractivity contribution in [3.8, 4) is 11.5 Å². The van der Waals surface area contributed by atoms with Gasteiger partial charge < -0.3 is 19.5 Å². The summed E-state index contributed by atoms with van der Waals surface area (Å²) >= 11 is 3.34. The van der Waals surface area contributed by atoms with E-state index in [4.69, 9.17) is 14.2 Å². The highest BCUT2D eigenvalue weighted by Gasteiger charge is 2.23. The van der Waals surface area contributed by atoms with E-state index in [1.165, 1.54) is 32.8 Å². The molecule has 1 fully saturated rings. The first-order valence-electron chi connectivity index (χ1n) is 8.34. The molecule has 1 amide bonds. The zero-order valence-corrected chi connectivity index (χ0v) is 16.4. The summed E-state index contributed by atoms with van der Waals surface area (Å²) in [5, 5.41) is 2.96. The highest BCUT2D eigenvalue weighted by atomic mass is 79.9. The van der Waals surface area contributed by atoms with Crippen molar-refractivity contribution >= 4 is 27.8 Å². The molecule has 6 nitrogen and oxygen atoms in total. The average Bonchev–Trinajstić information content (AvgIpc) is 2.61. The van der Waals surface area contributed by atoms with Crippen LogP contribution in [0.1, 0.15) is 43.0 Å². The number of halogens is 1. The molecule has 25 heavy (non-hydrogen) atoms. The lowest BCUT2D eigenvalue weighted by atomic mass is 9.86. The molecule has 1 aliphatic rings. The quantitative estimate of drug-likeness (QED) is 0.723. The van der Waals surface area contributed by atoms with E-state index in [2.05, 4.69) is 28.2 Å². The number of benzene rings is 1. The Morgan fingerprint density at radius 2 is 1.76 bits per heavy atom. The van der Waals surface area contributed by atoms with E-state index in [0.717, 1.165) is 19.3 Å². The van der Waals surface area contributed by atoms with Crippen LogP contribution < -0.4 is 14.8 Å². The fourth-order valence-corrected chi connectivity index (χ4v) is 3.53. The van der Waals surface area contributed by atoms with Crippen molar-refractivity contribution < 1.29 is 23.8 Å². The van der Waals surface area contributed by atoms with Gasteiger partial charge in [-0.25, -0.2) is 4.79 Å². The largest absolute Gasteiger partial charge is 0.495 e. The minimum atomic E-state index is -0.601. The summed E-state index contributed by atoms with van der Waals surface area (Å²) in [7, 11) is 2.99. The molecule has 1 aromatic rings. The lowest BCUT2D eigenvalue weighted by Gasteiger charge is -2.29. The number of hydrogen-bond donors (Lipinski definition) is 1. The average molecular weight is 414 g/mol. The molecule has 0 bridgehead atoms. The van der Waals surface area contributed by atoms with Crippen LogP contribution in [0.3, 0.4) is 0 Å². The van der Waals surface area contributed by atoms with E-state index in [1.807, 2.05) is 0 Å². The standard InChI is InChI=1S/C18H24BrNO5/c1-11-6-4-5-7-13(11)20-16(21)10-25-18(22)12-8-14(23-2)17(19)15(9-12)24-3/h8-9,11,13H,4-7,10H2,1-3H3,(H,20,21)/t11-,13+/m1/s1. The van der Waals surface area contributed by atoms with E-state index in [0.29, 0.717) is 21.9 Å². The number of amides is 1. The molecule has 1 N–H and O–H groups in total. The van der Waals surface area contributed by atoms with E-state index >= 15 is 0 Å². The van der Waals surface area contributed by atoms with Crippen molar-refractivity contribution in [3.63, 3.8) is 0 Å². The lowest BCUT2D eigenvalue weighted by molar-refractivity contribution is -0.125. The Morgan fingerprint density at radius 3 is 2.32 bits per heavy atom. The summed E-state index contributed by atoms with van der Waals surface area (Å²) in [6, 6.07) is 3.24. The second kappa shape index (κ2) is 9.08. The Bertz CT molecular complexity index is 609. The van der Waals surface area contributed by atoms with Gasteiger partial charge in [0.1, 0.15) is 16.0 Å². The Morgan fingerprint density at radius 1 is 1.16 bits per heavy atom. The van der Waals surface area contributed by atoms with Gasteiger partial charge in [-0.2, -0.15) is 0 Å². The second-order valence-electron chi connectivity index (χ2n) is 6.21. The summed E-state index contributed by atoms with van der Waals surface area (Å²) in [5.41, 5.74) is 0.260. The van der Waals surface area contributed by atoms with Crippen molar-refractivity contribution in [1.82, 2.24) is 5.32 Å². The maximum absolute atomic E-state index is 12.2. The molecule has 0 spiro atoms. The van der Waals surface area contributed by atoms with Crippen LogP contribution in [0.2, 0.25) is 0 Å². The van der Waals surface area contributed by atoms with Crippen molar-refractivity contribution in [2.75, 3.05) is 20.8 Å². The molecule has 0 aliphatic heterocycles. The van der Waals surface area contributed by atoms with Gasteiger partial charge in [0.2, 0.25) is 0 Å². The van der Waals surface area contributed by atoms with Gasteiger partial charge in [0.15, 0.2) is 6.61 Å². The van der Waals surface area contributed by atoms with Crippen molar-refractivity contribution in [3.05, 3.63) is 22.2 Å². The van der Waals surface area contributed by atoms with Crippen LogP contribution >= 0.6 is 15.9 Å². The third kappa shape index (κ3) is 5.11. The zero-order valence-electron chi connectivity index (χ0n) is 14.8. The van der Waals surface area contributed by atoms with Crippen molar-refractivity contribution in [2.24, 2.45) is 5.92 Å². The number of carbonyl (C=O) groups is 2. The first-order chi connectivity index (χ1) is 12.0. The Balaban J connectivity index is 1.94.